The molecule has 1 aliphatic heterocycles. The summed E-state index contributed by atoms with van der Waals surface area (Å²) in [6.45, 7) is 6.60. The third-order valence-electron chi connectivity index (χ3n) is 4.53. The minimum Gasteiger partial charge on any atom is -0.487 e. The van der Waals surface area contributed by atoms with E-state index in [1.165, 1.54) is 0 Å². The van der Waals surface area contributed by atoms with E-state index < -0.39 is 0 Å². The van der Waals surface area contributed by atoms with E-state index in [1.54, 1.807) is 6.20 Å². The number of guanidine groups is 1. The molecular formula is C21H29N5O2. The topological polar surface area (TPSA) is 85.0 Å². The zero-order valence-electron chi connectivity index (χ0n) is 16.2. The summed E-state index contributed by atoms with van der Waals surface area (Å²) < 4.78 is 11.1. The van der Waals surface area contributed by atoms with E-state index in [2.05, 4.69) is 20.2 Å². The highest BCUT2D eigenvalue weighted by Gasteiger charge is 2.09. The van der Waals surface area contributed by atoms with Crippen molar-refractivity contribution in [1.82, 2.24) is 15.2 Å². The van der Waals surface area contributed by atoms with Gasteiger partial charge in [0.1, 0.15) is 12.4 Å². The normalized spacial score (nSPS) is 15.4. The zero-order valence-corrected chi connectivity index (χ0v) is 16.2. The van der Waals surface area contributed by atoms with Gasteiger partial charge in [-0.05, 0) is 42.8 Å². The number of morpholine rings is 1. The van der Waals surface area contributed by atoms with Crippen LogP contribution in [0.5, 0.6) is 5.75 Å². The van der Waals surface area contributed by atoms with Gasteiger partial charge in [-0.3, -0.25) is 9.88 Å². The number of nitrogens with two attached hydrogens (primary N) is 1. The molecule has 2 heterocycles. The second-order valence-electron chi connectivity index (χ2n) is 6.69. The van der Waals surface area contributed by atoms with Crippen LogP contribution in [0.25, 0.3) is 0 Å². The van der Waals surface area contributed by atoms with Gasteiger partial charge in [0, 0.05) is 25.8 Å². The van der Waals surface area contributed by atoms with Crippen LogP contribution >= 0.6 is 0 Å². The molecule has 0 aliphatic carbocycles. The molecule has 1 saturated heterocycles. The highest BCUT2D eigenvalue weighted by molar-refractivity contribution is 5.77. The Morgan fingerprint density at radius 2 is 2.00 bits per heavy atom. The molecule has 1 fully saturated rings. The van der Waals surface area contributed by atoms with Crippen LogP contribution in [0.4, 0.5) is 0 Å². The Labute approximate surface area is 166 Å². The Morgan fingerprint density at radius 3 is 2.75 bits per heavy atom. The molecular weight excluding hydrogens is 354 g/mol. The molecule has 28 heavy (non-hydrogen) atoms. The van der Waals surface area contributed by atoms with Crippen molar-refractivity contribution < 1.29 is 9.47 Å². The molecule has 1 aromatic carbocycles. The van der Waals surface area contributed by atoms with Crippen LogP contribution in [0.3, 0.4) is 0 Å². The molecule has 1 aliphatic rings. The lowest BCUT2D eigenvalue weighted by atomic mass is 10.2. The fourth-order valence-electron chi connectivity index (χ4n) is 2.91. The quantitative estimate of drug-likeness (QED) is 0.390. The molecule has 0 spiro atoms. The van der Waals surface area contributed by atoms with Crippen LogP contribution in [-0.2, 0) is 17.9 Å². The smallest absolute Gasteiger partial charge is 0.188 e. The average molecular weight is 383 g/mol. The van der Waals surface area contributed by atoms with Crippen molar-refractivity contribution in [3.05, 3.63) is 59.9 Å². The Morgan fingerprint density at radius 1 is 1.18 bits per heavy atom. The summed E-state index contributed by atoms with van der Waals surface area (Å²) >= 11 is 0. The number of aromatic nitrogens is 1. The second-order valence-corrected chi connectivity index (χ2v) is 6.69. The third kappa shape index (κ3) is 7.17. The van der Waals surface area contributed by atoms with E-state index in [-0.39, 0.29) is 0 Å². The van der Waals surface area contributed by atoms with Crippen molar-refractivity contribution in [2.75, 3.05) is 39.4 Å². The van der Waals surface area contributed by atoms with E-state index >= 15 is 0 Å². The van der Waals surface area contributed by atoms with Gasteiger partial charge in [-0.1, -0.05) is 18.2 Å². The molecule has 0 atom stereocenters. The van der Waals surface area contributed by atoms with Crippen LogP contribution in [0, 0.1) is 0 Å². The van der Waals surface area contributed by atoms with Gasteiger partial charge < -0.3 is 20.5 Å². The van der Waals surface area contributed by atoms with Crippen molar-refractivity contribution in [1.29, 1.82) is 0 Å². The molecule has 3 rings (SSSR count). The minimum absolute atomic E-state index is 0.458. The molecule has 3 N–H and O–H groups in total. The summed E-state index contributed by atoms with van der Waals surface area (Å²) in [6.07, 6.45) is 2.80. The second kappa shape index (κ2) is 11.3. The number of hydrogen-bond acceptors (Lipinski definition) is 5. The maximum atomic E-state index is 5.96. The summed E-state index contributed by atoms with van der Waals surface area (Å²) in [7, 11) is 0. The summed E-state index contributed by atoms with van der Waals surface area (Å²) in [4.78, 5) is 11.1. The van der Waals surface area contributed by atoms with Gasteiger partial charge in [0.05, 0.1) is 25.5 Å². The average Bonchev–Trinajstić information content (AvgIpc) is 2.76. The van der Waals surface area contributed by atoms with Crippen molar-refractivity contribution in [3.8, 4) is 5.75 Å². The van der Waals surface area contributed by atoms with E-state index in [0.717, 1.165) is 62.8 Å². The first-order valence-electron chi connectivity index (χ1n) is 9.75. The maximum absolute atomic E-state index is 5.96. The van der Waals surface area contributed by atoms with Crippen LogP contribution in [0.1, 0.15) is 17.7 Å². The highest BCUT2D eigenvalue weighted by Crippen LogP contribution is 2.14. The van der Waals surface area contributed by atoms with E-state index in [4.69, 9.17) is 15.2 Å². The number of nitrogens with zero attached hydrogens (tertiary/aromatic N) is 3. The van der Waals surface area contributed by atoms with Crippen LogP contribution in [0.2, 0.25) is 0 Å². The van der Waals surface area contributed by atoms with Crippen molar-refractivity contribution >= 4 is 5.96 Å². The number of hydrogen-bond donors (Lipinski definition) is 2. The summed E-state index contributed by atoms with van der Waals surface area (Å²) in [5, 5.41) is 3.18. The van der Waals surface area contributed by atoms with Gasteiger partial charge in [-0.15, -0.1) is 0 Å². The van der Waals surface area contributed by atoms with Gasteiger partial charge >= 0.3 is 0 Å². The molecule has 0 radical (unpaired) electrons. The number of nitrogens with one attached hydrogen (secondary N) is 1. The number of rotatable bonds is 9. The lowest BCUT2D eigenvalue weighted by Crippen LogP contribution is -2.39. The van der Waals surface area contributed by atoms with Crippen molar-refractivity contribution in [2.45, 2.75) is 19.6 Å². The third-order valence-corrected chi connectivity index (χ3v) is 4.53. The fourth-order valence-corrected chi connectivity index (χ4v) is 2.91. The molecule has 1 aromatic heterocycles. The van der Waals surface area contributed by atoms with Crippen molar-refractivity contribution in [2.24, 2.45) is 10.7 Å². The predicted molar refractivity (Wildman–Crippen MR) is 110 cm³/mol. The standard InChI is InChI=1S/C21H29N5O2/c22-21(24-10-3-11-26-12-14-27-15-13-26)25-16-18-5-7-20(8-6-18)28-17-19-4-1-2-9-23-19/h1-2,4-9H,3,10-17H2,(H3,22,24,25). The molecule has 2 aromatic rings. The first-order chi connectivity index (χ1) is 13.8. The largest absolute Gasteiger partial charge is 0.487 e. The minimum atomic E-state index is 0.458. The summed E-state index contributed by atoms with van der Waals surface area (Å²) in [5.74, 6) is 1.30. The van der Waals surface area contributed by atoms with Crippen LogP contribution in [0.15, 0.2) is 53.7 Å². The van der Waals surface area contributed by atoms with E-state index in [9.17, 15) is 0 Å². The first kappa shape index (κ1) is 20.1. The number of pyridine rings is 1. The molecule has 7 heteroatoms. The first-order valence-corrected chi connectivity index (χ1v) is 9.75. The number of benzene rings is 1. The van der Waals surface area contributed by atoms with Gasteiger partial charge in [-0.25, -0.2) is 4.99 Å². The van der Waals surface area contributed by atoms with E-state index in [1.807, 2.05) is 42.5 Å². The van der Waals surface area contributed by atoms with Crippen LogP contribution < -0.4 is 15.8 Å². The van der Waals surface area contributed by atoms with Crippen molar-refractivity contribution in [3.63, 3.8) is 0 Å². The Bertz CT molecular complexity index is 715. The lowest BCUT2D eigenvalue weighted by molar-refractivity contribution is 0.0376. The molecule has 150 valence electrons. The van der Waals surface area contributed by atoms with E-state index in [0.29, 0.717) is 19.1 Å². The fraction of sp³-hybridized carbons (Fsp3) is 0.429. The molecule has 0 unspecified atom stereocenters. The summed E-state index contributed by atoms with van der Waals surface area (Å²) in [6, 6.07) is 13.7. The Balaban J connectivity index is 1.33. The van der Waals surface area contributed by atoms with Crippen LogP contribution in [-0.4, -0.2) is 55.2 Å². The number of aliphatic imine (C=N–C) groups is 1. The predicted octanol–water partition coefficient (Wildman–Crippen LogP) is 1.79. The molecule has 7 nitrogen and oxygen atoms in total. The zero-order chi connectivity index (χ0) is 19.4. The monoisotopic (exact) mass is 383 g/mol. The van der Waals surface area contributed by atoms with Gasteiger partial charge in [0.15, 0.2) is 5.96 Å². The Hall–Kier alpha value is -2.64. The van der Waals surface area contributed by atoms with Gasteiger partial charge in [-0.2, -0.15) is 0 Å². The van der Waals surface area contributed by atoms with Gasteiger partial charge in [0.25, 0.3) is 0 Å². The molecule has 0 saturated carbocycles. The SMILES string of the molecule is NC(=NCc1ccc(OCc2ccccn2)cc1)NCCCN1CCOCC1. The highest BCUT2D eigenvalue weighted by atomic mass is 16.5. The molecule has 0 bridgehead atoms. The number of ether oxygens (including phenoxy) is 2. The lowest BCUT2D eigenvalue weighted by Gasteiger charge is -2.26. The van der Waals surface area contributed by atoms with Gasteiger partial charge in [0.2, 0.25) is 0 Å². The Kier molecular flexibility index (Phi) is 8.08. The summed E-state index contributed by atoms with van der Waals surface area (Å²) in [5.41, 5.74) is 7.95. The maximum Gasteiger partial charge on any atom is 0.188 e. The molecule has 0 amide bonds.